The maximum absolute atomic E-state index is 8.03. The van der Waals surface area contributed by atoms with Crippen LogP contribution in [0.5, 0.6) is 0 Å². The molecule has 1 unspecified atom stereocenters. The van der Waals surface area contributed by atoms with Crippen LogP contribution in [0.2, 0.25) is 0 Å². The topological polar surface area (TPSA) is 27.1 Å². The van der Waals surface area contributed by atoms with Gasteiger partial charge in [0.2, 0.25) is 0 Å². The van der Waals surface area contributed by atoms with E-state index in [-0.39, 0.29) is 0 Å². The summed E-state index contributed by atoms with van der Waals surface area (Å²) in [5, 5.41) is 8.48. The Balaban J connectivity index is 2.44. The molecule has 1 rings (SSSR count). The number of hydrogen-bond acceptors (Lipinski definition) is 3. The van der Waals surface area contributed by atoms with Crippen molar-refractivity contribution in [3.63, 3.8) is 0 Å². The molecular weight excluding hydrogens is 200 g/mol. The molecule has 0 amide bonds. The Kier molecular flexibility index (Phi) is 5.02. The van der Waals surface area contributed by atoms with Gasteiger partial charge in [0.05, 0.1) is 5.25 Å². The molecule has 2 nitrogen and oxygen atoms in total. The van der Waals surface area contributed by atoms with Gasteiger partial charge >= 0.3 is 0 Å². The molecule has 0 aromatic rings. The van der Waals surface area contributed by atoms with Crippen LogP contribution in [-0.4, -0.2) is 46.3 Å². The van der Waals surface area contributed by atoms with Gasteiger partial charge in [-0.2, -0.15) is 11.8 Å². The zero-order chi connectivity index (χ0) is 9.68. The Hall–Kier alpha value is 0.170. The van der Waals surface area contributed by atoms with Gasteiger partial charge in [0.1, 0.15) is 5.84 Å². The van der Waals surface area contributed by atoms with Gasteiger partial charge in [-0.1, -0.05) is 0 Å². The van der Waals surface area contributed by atoms with Crippen molar-refractivity contribution in [2.75, 3.05) is 30.3 Å². The van der Waals surface area contributed by atoms with Crippen LogP contribution in [0.3, 0.4) is 0 Å². The monoisotopic (exact) mass is 218 g/mol. The highest BCUT2D eigenvalue weighted by atomic mass is 32.2. The summed E-state index contributed by atoms with van der Waals surface area (Å²) >= 11 is 3.92. The maximum atomic E-state index is 8.03. The first kappa shape index (κ1) is 11.2. The molecule has 0 aliphatic carbocycles. The van der Waals surface area contributed by atoms with Crippen molar-refractivity contribution in [1.82, 2.24) is 4.90 Å². The fraction of sp³-hybridized carbons (Fsp3) is 0.889. The zero-order valence-electron chi connectivity index (χ0n) is 8.38. The van der Waals surface area contributed by atoms with Gasteiger partial charge in [-0.05, 0) is 13.8 Å². The van der Waals surface area contributed by atoms with E-state index in [0.717, 1.165) is 24.7 Å². The summed E-state index contributed by atoms with van der Waals surface area (Å²) in [6, 6.07) is 0. The second-order valence-corrected chi connectivity index (χ2v) is 5.45. The molecule has 1 heterocycles. The van der Waals surface area contributed by atoms with Crippen LogP contribution >= 0.6 is 23.5 Å². The lowest BCUT2D eigenvalue weighted by atomic mass is 10.3. The molecule has 0 saturated carbocycles. The molecule has 1 N–H and O–H groups in total. The average Bonchev–Trinajstić information content (AvgIpc) is 2.21. The molecule has 4 heteroatoms. The Labute approximate surface area is 89.3 Å². The number of nitrogens with zero attached hydrogens (tertiary/aromatic N) is 1. The van der Waals surface area contributed by atoms with E-state index in [4.69, 9.17) is 5.41 Å². The van der Waals surface area contributed by atoms with Crippen LogP contribution in [0.15, 0.2) is 0 Å². The van der Waals surface area contributed by atoms with E-state index in [0.29, 0.717) is 5.25 Å². The summed E-state index contributed by atoms with van der Waals surface area (Å²) in [4.78, 5) is 2.16. The summed E-state index contributed by atoms with van der Waals surface area (Å²) < 4.78 is 0. The third kappa shape index (κ3) is 3.09. The normalized spacial score (nSPS) is 22.8. The SMILES string of the molecule is CCN(CC)C(=N)C1CSCCS1. The molecule has 1 atom stereocenters. The molecule has 1 aliphatic heterocycles. The van der Waals surface area contributed by atoms with Crippen LogP contribution in [0.4, 0.5) is 0 Å². The quantitative estimate of drug-likeness (QED) is 0.581. The minimum atomic E-state index is 0.443. The van der Waals surface area contributed by atoms with Crippen molar-refractivity contribution in [1.29, 1.82) is 5.41 Å². The lowest BCUT2D eigenvalue weighted by molar-refractivity contribution is 0.455. The van der Waals surface area contributed by atoms with Gasteiger partial charge in [0, 0.05) is 30.3 Å². The van der Waals surface area contributed by atoms with Crippen molar-refractivity contribution in [3.8, 4) is 0 Å². The number of thioether (sulfide) groups is 2. The van der Waals surface area contributed by atoms with Crippen LogP contribution in [0.1, 0.15) is 13.8 Å². The van der Waals surface area contributed by atoms with Gasteiger partial charge in [-0.25, -0.2) is 0 Å². The smallest absolute Gasteiger partial charge is 0.110 e. The van der Waals surface area contributed by atoms with Crippen LogP contribution in [0, 0.1) is 5.41 Å². The Bertz CT molecular complexity index is 163. The van der Waals surface area contributed by atoms with Gasteiger partial charge in [0.15, 0.2) is 0 Å². The first-order valence-electron chi connectivity index (χ1n) is 4.82. The molecule has 0 spiro atoms. The van der Waals surface area contributed by atoms with Gasteiger partial charge in [-0.3, -0.25) is 5.41 Å². The van der Waals surface area contributed by atoms with Crippen molar-refractivity contribution in [2.24, 2.45) is 0 Å². The van der Waals surface area contributed by atoms with E-state index in [2.05, 4.69) is 18.7 Å². The summed E-state index contributed by atoms with van der Waals surface area (Å²) in [6.45, 7) is 6.19. The predicted molar refractivity (Wildman–Crippen MR) is 64.2 cm³/mol. The van der Waals surface area contributed by atoms with Crippen molar-refractivity contribution >= 4 is 29.4 Å². The molecule has 1 fully saturated rings. The highest BCUT2D eigenvalue weighted by molar-refractivity contribution is 8.07. The predicted octanol–water partition coefficient (Wildman–Crippen LogP) is 2.15. The molecule has 0 aromatic carbocycles. The summed E-state index contributed by atoms with van der Waals surface area (Å²) in [7, 11) is 0. The van der Waals surface area contributed by atoms with E-state index >= 15 is 0 Å². The average molecular weight is 218 g/mol. The fourth-order valence-electron chi connectivity index (χ4n) is 1.41. The van der Waals surface area contributed by atoms with Crippen LogP contribution in [-0.2, 0) is 0 Å². The Morgan fingerprint density at radius 3 is 2.54 bits per heavy atom. The molecule has 0 radical (unpaired) electrons. The third-order valence-electron chi connectivity index (χ3n) is 2.23. The van der Waals surface area contributed by atoms with Gasteiger partial charge in [-0.15, -0.1) is 11.8 Å². The second-order valence-electron chi connectivity index (χ2n) is 2.99. The molecule has 1 aliphatic rings. The summed E-state index contributed by atoms with van der Waals surface area (Å²) in [5.74, 6) is 4.42. The minimum absolute atomic E-state index is 0.443. The van der Waals surface area contributed by atoms with Crippen molar-refractivity contribution in [3.05, 3.63) is 0 Å². The van der Waals surface area contributed by atoms with Crippen LogP contribution < -0.4 is 0 Å². The number of hydrogen-bond donors (Lipinski definition) is 1. The van der Waals surface area contributed by atoms with Gasteiger partial charge in [0.25, 0.3) is 0 Å². The molecular formula is C9H18N2S2. The Morgan fingerprint density at radius 1 is 1.38 bits per heavy atom. The molecule has 0 bridgehead atoms. The van der Waals surface area contributed by atoms with E-state index in [9.17, 15) is 0 Å². The lowest BCUT2D eigenvalue weighted by Crippen LogP contribution is -2.39. The van der Waals surface area contributed by atoms with E-state index < -0.39 is 0 Å². The lowest BCUT2D eigenvalue weighted by Gasteiger charge is -2.29. The first-order chi connectivity index (χ1) is 6.29. The second kappa shape index (κ2) is 5.81. The number of rotatable bonds is 3. The molecule has 13 heavy (non-hydrogen) atoms. The highest BCUT2D eigenvalue weighted by Gasteiger charge is 2.21. The van der Waals surface area contributed by atoms with Crippen molar-refractivity contribution in [2.45, 2.75) is 19.1 Å². The summed E-state index contributed by atoms with van der Waals surface area (Å²) in [5.41, 5.74) is 0. The number of amidine groups is 1. The van der Waals surface area contributed by atoms with Crippen LogP contribution in [0.25, 0.3) is 0 Å². The number of nitrogens with one attached hydrogen (secondary N) is 1. The first-order valence-corrected chi connectivity index (χ1v) is 7.02. The van der Waals surface area contributed by atoms with E-state index in [1.54, 1.807) is 0 Å². The van der Waals surface area contributed by atoms with Gasteiger partial charge < -0.3 is 4.90 Å². The summed E-state index contributed by atoms with van der Waals surface area (Å²) in [6.07, 6.45) is 0. The molecule has 0 aromatic heterocycles. The molecule has 76 valence electrons. The Morgan fingerprint density at radius 2 is 2.08 bits per heavy atom. The zero-order valence-corrected chi connectivity index (χ0v) is 10.0. The maximum Gasteiger partial charge on any atom is 0.110 e. The molecule has 1 saturated heterocycles. The van der Waals surface area contributed by atoms with Crippen molar-refractivity contribution < 1.29 is 0 Å². The van der Waals surface area contributed by atoms with E-state index in [1.165, 1.54) is 11.5 Å². The highest BCUT2D eigenvalue weighted by Crippen LogP contribution is 2.25. The largest absolute Gasteiger partial charge is 0.360 e. The van der Waals surface area contributed by atoms with E-state index in [1.807, 2.05) is 23.5 Å². The standard InChI is InChI=1S/C9H18N2S2/c1-3-11(4-2)9(10)8-7-12-5-6-13-8/h8,10H,3-7H2,1-2H3. The minimum Gasteiger partial charge on any atom is -0.360 e. The fourth-order valence-corrected chi connectivity index (χ4v) is 4.07. The third-order valence-corrected chi connectivity index (χ3v) is 4.99.